The minimum Gasteiger partial charge on any atom is -0.507 e. The van der Waals surface area contributed by atoms with Gasteiger partial charge in [-0.25, -0.2) is 9.97 Å². The number of phenolic OH excluding ortho intramolecular Hbond substituents is 1. The summed E-state index contributed by atoms with van der Waals surface area (Å²) in [6, 6.07) is 22.9. The van der Waals surface area contributed by atoms with E-state index in [1.54, 1.807) is 28.4 Å². The minimum atomic E-state index is -0.803. The van der Waals surface area contributed by atoms with Crippen molar-refractivity contribution >= 4 is 46.2 Å². The smallest absolute Gasteiger partial charge is 0.243 e. The molecule has 19 nitrogen and oxygen atoms in total. The highest BCUT2D eigenvalue weighted by molar-refractivity contribution is 7.13. The summed E-state index contributed by atoms with van der Waals surface area (Å²) in [5.41, 5.74) is 14.8. The van der Waals surface area contributed by atoms with E-state index in [9.17, 15) is 19.8 Å². The Morgan fingerprint density at radius 3 is 2.28 bits per heavy atom. The van der Waals surface area contributed by atoms with E-state index in [0.29, 0.717) is 46.7 Å². The van der Waals surface area contributed by atoms with Crippen LogP contribution in [0.25, 0.3) is 21.7 Å². The number of nitrogens with zero attached hydrogens (tertiary/aromatic N) is 10. The van der Waals surface area contributed by atoms with Gasteiger partial charge < -0.3 is 54.9 Å². The third-order valence-corrected chi connectivity index (χ3v) is 20.3. The highest BCUT2D eigenvalue weighted by Crippen LogP contribution is 2.53. The Hall–Kier alpha value is -6.87. The molecule has 7 fully saturated rings. The number of phenols is 1. The number of carbonyl (C=O) groups excluding carboxylic acids is 2. The number of para-hydroxylation sites is 1. The molecular formula is C63H78N12O7S. The molecule has 5 saturated heterocycles. The van der Waals surface area contributed by atoms with Crippen molar-refractivity contribution in [1.29, 1.82) is 0 Å². The number of aryl methyl sites for hydroxylation is 1. The van der Waals surface area contributed by atoms with E-state index in [0.717, 1.165) is 130 Å². The maximum absolute atomic E-state index is 14.5. The van der Waals surface area contributed by atoms with Gasteiger partial charge >= 0.3 is 0 Å². The number of benzene rings is 2. The summed E-state index contributed by atoms with van der Waals surface area (Å²) in [5, 5.41) is 37.6. The highest BCUT2D eigenvalue weighted by atomic mass is 32.1. The minimum absolute atomic E-state index is 0.0859. The van der Waals surface area contributed by atoms with E-state index >= 15 is 0 Å². The van der Waals surface area contributed by atoms with Crippen molar-refractivity contribution < 1.29 is 33.8 Å². The van der Waals surface area contributed by atoms with Gasteiger partial charge in [0, 0.05) is 112 Å². The molecule has 83 heavy (non-hydrogen) atoms. The van der Waals surface area contributed by atoms with Crippen LogP contribution < -0.4 is 30.5 Å². The number of anilines is 4. The maximum atomic E-state index is 14.5. The number of β-amino-alcohol motifs (C(OH)–C–C–N with tert-alkyl or cyclic N) is 1. The first-order valence-corrected chi connectivity index (χ1v) is 31.1. The first-order valence-electron chi connectivity index (χ1n) is 30.2. The Bertz CT molecular complexity index is 3260. The fourth-order valence-electron chi connectivity index (χ4n) is 14.7. The van der Waals surface area contributed by atoms with Crippen molar-refractivity contribution in [2.75, 3.05) is 66.2 Å². The summed E-state index contributed by atoms with van der Waals surface area (Å²) in [6.45, 7) is 13.5. The second kappa shape index (κ2) is 22.9. The largest absolute Gasteiger partial charge is 0.507 e. The molecule has 7 aliphatic rings. The number of rotatable bonds is 17. The summed E-state index contributed by atoms with van der Waals surface area (Å²) in [4.78, 5) is 50.0. The first-order chi connectivity index (χ1) is 40.2. The number of aromatic hydroxyl groups is 1. The molecule has 2 unspecified atom stereocenters. The average Bonchev–Trinajstić information content (AvgIpc) is 2.45. The molecule has 5 aliphatic heterocycles. The molecule has 2 saturated carbocycles. The lowest BCUT2D eigenvalue weighted by atomic mass is 9.85. The molecule has 20 heteroatoms. The van der Waals surface area contributed by atoms with E-state index in [2.05, 4.69) is 62.4 Å². The number of thiazole rings is 1. The fourth-order valence-corrected chi connectivity index (χ4v) is 15.5. The summed E-state index contributed by atoms with van der Waals surface area (Å²) in [5.74, 6) is 1.78. The predicted molar refractivity (Wildman–Crippen MR) is 318 cm³/mol. The molecule has 0 radical (unpaired) electrons. The second-order valence-corrected chi connectivity index (χ2v) is 25.8. The number of aromatic nitrogens is 5. The molecule has 9 heterocycles. The average molecular weight is 1150 g/mol. The first kappa shape index (κ1) is 55.3. The maximum Gasteiger partial charge on any atom is 0.243 e. The van der Waals surface area contributed by atoms with Crippen LogP contribution in [0.4, 0.5) is 23.0 Å². The summed E-state index contributed by atoms with van der Waals surface area (Å²) in [6.07, 6.45) is 12.4. The van der Waals surface area contributed by atoms with Crippen molar-refractivity contribution in [2.24, 2.45) is 11.8 Å². The number of pyridine rings is 1. The monoisotopic (exact) mass is 1150 g/mol. The van der Waals surface area contributed by atoms with Gasteiger partial charge in [0.1, 0.15) is 23.8 Å². The molecule has 2 aromatic carbocycles. The van der Waals surface area contributed by atoms with Crippen molar-refractivity contribution in [2.45, 2.75) is 158 Å². The van der Waals surface area contributed by atoms with E-state index < -0.39 is 18.1 Å². The standard InChI is InChI=1S/C63H78N12O7S/c1-37(2)58(62(79)74-35-46(76)28-53(74)61(78)67-38(3)40-9-11-41(12-10-40)59-39(4)66-36-83-59)55-32-56(70-82-55)71-23-16-42(17-24-71)63(20-21-63)73-25-18-47(19-26-73)80-48-29-49(30-48)81-57-27-43(15-22-65-57)75-44-13-14-45(75)34-72(33-44)52-31-51(68-69-60(52)64)50-7-5-6-8-54(50)77/h5-12,15,22,27,31-32,36-38,42,44-49,53,58,76-77H,13-14,16-21,23-26,28-30,33-35H2,1-4H3,(H2,64,69)(H,67,78)/t38-,44?,45?,46+,48?,49?,53-,58-/m0/s1. The van der Waals surface area contributed by atoms with E-state index in [-0.39, 0.29) is 66.3 Å². The van der Waals surface area contributed by atoms with Gasteiger partial charge in [-0.1, -0.05) is 55.4 Å². The van der Waals surface area contributed by atoms with Crippen LogP contribution in [0.3, 0.4) is 0 Å². The number of fused-ring (bicyclic) bond motifs is 2. The van der Waals surface area contributed by atoms with Crippen LogP contribution >= 0.6 is 11.3 Å². The normalized spacial score (nSPS) is 25.4. The van der Waals surface area contributed by atoms with Crippen LogP contribution in [0.1, 0.15) is 120 Å². The SMILES string of the molecule is Cc1ncsc1-c1ccc([C@H](C)NC(=O)[C@@H]2C[C@@H](O)CN2C(=O)[C@H](c2cc(N3CCC(C4(N5CCC(OC6CC(Oc7cc(N8C9CCC8CN(c8cc(-c%10ccccc%10O)nnc8N)C9)ccn7)C6)CC5)CC4)CC3)no2)C(C)C)cc1. The molecule has 6 aromatic rings. The molecule has 438 valence electrons. The van der Waals surface area contributed by atoms with Gasteiger partial charge in [0.15, 0.2) is 17.4 Å². The van der Waals surface area contributed by atoms with E-state index in [1.165, 1.54) is 12.8 Å². The number of amides is 2. The topological polar surface area (TPSA) is 225 Å². The zero-order chi connectivity index (χ0) is 57.1. The van der Waals surface area contributed by atoms with Gasteiger partial charge in [-0.2, -0.15) is 0 Å². The molecule has 13 rings (SSSR count). The van der Waals surface area contributed by atoms with Gasteiger partial charge in [-0.15, -0.1) is 21.5 Å². The van der Waals surface area contributed by atoms with Gasteiger partial charge in [0.25, 0.3) is 0 Å². The Morgan fingerprint density at radius 2 is 1.58 bits per heavy atom. The van der Waals surface area contributed by atoms with Crippen LogP contribution in [0.5, 0.6) is 11.6 Å². The summed E-state index contributed by atoms with van der Waals surface area (Å²) in [7, 11) is 0. The van der Waals surface area contributed by atoms with E-state index in [1.807, 2.05) is 87.9 Å². The van der Waals surface area contributed by atoms with Crippen LogP contribution in [0.15, 0.2) is 89.0 Å². The number of nitrogens with one attached hydrogen (secondary N) is 1. The van der Waals surface area contributed by atoms with E-state index in [4.69, 9.17) is 19.7 Å². The lowest BCUT2D eigenvalue weighted by molar-refractivity contribution is -0.141. The number of hydrogen-bond donors (Lipinski definition) is 4. The lowest BCUT2D eigenvalue weighted by Crippen LogP contribution is -2.54. The van der Waals surface area contributed by atoms with Crippen LogP contribution in [0.2, 0.25) is 0 Å². The number of carbonyl (C=O) groups is 2. The number of piperidine rings is 2. The molecule has 5 N–H and O–H groups in total. The van der Waals surface area contributed by atoms with Gasteiger partial charge in [0.2, 0.25) is 17.7 Å². The summed E-state index contributed by atoms with van der Waals surface area (Å²) < 4.78 is 19.2. The number of hydrogen-bond acceptors (Lipinski definition) is 18. The summed E-state index contributed by atoms with van der Waals surface area (Å²) >= 11 is 1.60. The Labute approximate surface area is 489 Å². The molecule has 2 aliphatic carbocycles. The van der Waals surface area contributed by atoms with Crippen molar-refractivity contribution in [3.05, 3.63) is 102 Å². The number of piperazine rings is 1. The molecular weight excluding hydrogens is 1070 g/mol. The number of aliphatic hydroxyl groups excluding tert-OH is 1. The van der Waals surface area contributed by atoms with Crippen LogP contribution in [-0.4, -0.2) is 151 Å². The zero-order valence-electron chi connectivity index (χ0n) is 48.1. The molecule has 0 spiro atoms. The third kappa shape index (κ3) is 11.1. The van der Waals surface area contributed by atoms with Gasteiger partial charge in [0.05, 0.1) is 51.8 Å². The van der Waals surface area contributed by atoms with Gasteiger partial charge in [-0.3, -0.25) is 14.5 Å². The van der Waals surface area contributed by atoms with Gasteiger partial charge in [-0.05, 0) is 112 Å². The molecule has 4 aromatic heterocycles. The third-order valence-electron chi connectivity index (χ3n) is 19.4. The second-order valence-electron chi connectivity index (χ2n) is 24.9. The Kier molecular flexibility index (Phi) is 15.3. The van der Waals surface area contributed by atoms with Crippen LogP contribution in [0, 0.1) is 18.8 Å². The number of likely N-dealkylation sites (tertiary alicyclic amines) is 2. The highest BCUT2D eigenvalue weighted by Gasteiger charge is 2.55. The van der Waals surface area contributed by atoms with Crippen molar-refractivity contribution in [1.82, 2.24) is 40.4 Å². The quantitative estimate of drug-likeness (QED) is 0.0671. The Morgan fingerprint density at radius 1 is 0.831 bits per heavy atom. The number of ether oxygens (including phenoxy) is 2. The van der Waals surface area contributed by atoms with Crippen molar-refractivity contribution in [3.63, 3.8) is 0 Å². The van der Waals surface area contributed by atoms with Crippen LogP contribution in [-0.2, 0) is 14.3 Å². The lowest BCUT2D eigenvalue weighted by Gasteiger charge is -2.45. The number of nitrogen functional groups attached to an aromatic ring is 1. The molecule has 6 atom stereocenters. The molecule has 2 bridgehead atoms. The predicted octanol–water partition coefficient (Wildman–Crippen LogP) is 8.52. The fraction of sp³-hybridized carbons (Fsp3) is 0.540. The Balaban J connectivity index is 0.552. The number of aliphatic hydroxyl groups is 1. The zero-order valence-corrected chi connectivity index (χ0v) is 48.9. The van der Waals surface area contributed by atoms with Crippen molar-refractivity contribution in [3.8, 4) is 33.3 Å². The number of nitrogens with two attached hydrogens (primary N) is 1. The molecule has 2 amide bonds.